The molecular weight excluding hydrogens is 522 g/mol. The fourth-order valence-electron chi connectivity index (χ4n) is 3.87. The number of carbonyl (C=O) groups excluding carboxylic acids is 2. The van der Waals surface area contributed by atoms with E-state index in [1.165, 1.54) is 29.4 Å². The molecule has 1 aliphatic rings. The van der Waals surface area contributed by atoms with Gasteiger partial charge in [-0.05, 0) is 43.3 Å². The van der Waals surface area contributed by atoms with Gasteiger partial charge in [0.25, 0.3) is 0 Å². The van der Waals surface area contributed by atoms with Gasteiger partial charge in [0.05, 0.1) is 29.7 Å². The first kappa shape index (κ1) is 27.4. The van der Waals surface area contributed by atoms with E-state index in [4.69, 9.17) is 4.74 Å². The summed E-state index contributed by atoms with van der Waals surface area (Å²) in [5.74, 6) is -0.150. The van der Waals surface area contributed by atoms with Gasteiger partial charge in [0.15, 0.2) is 0 Å². The van der Waals surface area contributed by atoms with E-state index in [0.717, 1.165) is 18.2 Å². The molecular formula is C25H25F4N7O3. The van der Waals surface area contributed by atoms with Gasteiger partial charge in [-0.3, -0.25) is 5.32 Å². The molecule has 0 unspecified atom stereocenters. The van der Waals surface area contributed by atoms with Crippen molar-refractivity contribution in [2.24, 2.45) is 0 Å². The number of carbonyl (C=O) groups is 2. The Hall–Kier alpha value is -4.62. The molecule has 0 aliphatic carbocycles. The summed E-state index contributed by atoms with van der Waals surface area (Å²) in [5.41, 5.74) is -0.452. The molecule has 1 saturated heterocycles. The van der Waals surface area contributed by atoms with Crippen molar-refractivity contribution < 1.29 is 31.9 Å². The van der Waals surface area contributed by atoms with Gasteiger partial charge in [-0.1, -0.05) is 0 Å². The lowest BCUT2D eigenvalue weighted by Gasteiger charge is -2.35. The minimum Gasteiger partial charge on any atom is -0.492 e. The molecule has 0 radical (unpaired) electrons. The van der Waals surface area contributed by atoms with Gasteiger partial charge in [-0.25, -0.2) is 23.9 Å². The number of benzene rings is 1. The van der Waals surface area contributed by atoms with Crippen LogP contribution in [0.1, 0.15) is 12.5 Å². The van der Waals surface area contributed by atoms with Crippen molar-refractivity contribution in [3.05, 3.63) is 66.2 Å². The standard InChI is InChI=1S/C25H25F4N7O3/c1-2-39-20-7-5-16(26)14-19(20)33-23(37)32-17-6-8-21(31-15-17)35-10-12-36(13-11-35)24(38)34-22-18(25(27,28)29)4-3-9-30-22/h3-9,14-15H,2,10-13H2,1H3,(H,30,34,38)(H2,32,33,37). The second-order valence-electron chi connectivity index (χ2n) is 8.36. The lowest BCUT2D eigenvalue weighted by Crippen LogP contribution is -2.50. The summed E-state index contributed by atoms with van der Waals surface area (Å²) < 4.78 is 58.5. The fraction of sp³-hybridized carbons (Fsp3) is 0.280. The van der Waals surface area contributed by atoms with Crippen LogP contribution < -0.4 is 25.6 Å². The highest BCUT2D eigenvalue weighted by Gasteiger charge is 2.35. The number of hydrogen-bond acceptors (Lipinski definition) is 6. The first-order valence-corrected chi connectivity index (χ1v) is 11.9. The van der Waals surface area contributed by atoms with Crippen LogP contribution in [-0.2, 0) is 6.18 Å². The number of halogens is 4. The number of ether oxygens (including phenoxy) is 1. The summed E-state index contributed by atoms with van der Waals surface area (Å²) in [6.45, 7) is 3.39. The maximum atomic E-state index is 13.6. The van der Waals surface area contributed by atoms with Gasteiger partial charge in [-0.2, -0.15) is 13.2 Å². The van der Waals surface area contributed by atoms with Crippen LogP contribution in [0.4, 0.5) is 50.2 Å². The summed E-state index contributed by atoms with van der Waals surface area (Å²) in [7, 11) is 0. The van der Waals surface area contributed by atoms with Gasteiger partial charge in [0.1, 0.15) is 23.2 Å². The second kappa shape index (κ2) is 11.8. The van der Waals surface area contributed by atoms with Gasteiger partial charge < -0.3 is 25.2 Å². The zero-order valence-corrected chi connectivity index (χ0v) is 20.8. The average Bonchev–Trinajstić information content (AvgIpc) is 2.90. The van der Waals surface area contributed by atoms with Crippen LogP contribution in [-0.4, -0.2) is 59.7 Å². The summed E-state index contributed by atoms with van der Waals surface area (Å²) >= 11 is 0. The highest BCUT2D eigenvalue weighted by Crippen LogP contribution is 2.33. The van der Waals surface area contributed by atoms with Crippen molar-refractivity contribution in [1.82, 2.24) is 14.9 Å². The number of amides is 4. The maximum absolute atomic E-state index is 13.6. The summed E-state index contributed by atoms with van der Waals surface area (Å²) in [4.78, 5) is 36.2. The molecule has 0 bridgehead atoms. The number of pyridine rings is 2. The second-order valence-corrected chi connectivity index (χ2v) is 8.36. The predicted molar refractivity (Wildman–Crippen MR) is 136 cm³/mol. The minimum absolute atomic E-state index is 0.179. The zero-order valence-electron chi connectivity index (χ0n) is 20.8. The monoisotopic (exact) mass is 547 g/mol. The number of urea groups is 2. The van der Waals surface area contributed by atoms with Crippen molar-refractivity contribution in [2.75, 3.05) is 53.6 Å². The lowest BCUT2D eigenvalue weighted by molar-refractivity contribution is -0.137. The lowest BCUT2D eigenvalue weighted by atomic mass is 10.2. The van der Waals surface area contributed by atoms with Crippen molar-refractivity contribution in [3.8, 4) is 5.75 Å². The Morgan fingerprint density at radius 3 is 2.44 bits per heavy atom. The van der Waals surface area contributed by atoms with Gasteiger partial charge >= 0.3 is 18.2 Å². The minimum atomic E-state index is -4.64. The molecule has 206 valence electrons. The molecule has 1 aliphatic heterocycles. The van der Waals surface area contributed by atoms with Crippen LogP contribution in [0.5, 0.6) is 5.75 Å². The first-order chi connectivity index (χ1) is 18.6. The fourth-order valence-corrected chi connectivity index (χ4v) is 3.87. The van der Waals surface area contributed by atoms with Crippen molar-refractivity contribution in [2.45, 2.75) is 13.1 Å². The first-order valence-electron chi connectivity index (χ1n) is 11.9. The number of nitrogens with zero attached hydrogens (tertiary/aromatic N) is 4. The SMILES string of the molecule is CCOc1ccc(F)cc1NC(=O)Nc1ccc(N2CCN(C(=O)Nc3ncccc3C(F)(F)F)CC2)nc1. The Morgan fingerprint density at radius 2 is 1.77 bits per heavy atom. The van der Waals surface area contributed by atoms with Crippen molar-refractivity contribution >= 4 is 35.1 Å². The third kappa shape index (κ3) is 7.03. The van der Waals surface area contributed by atoms with E-state index in [9.17, 15) is 27.2 Å². The average molecular weight is 548 g/mol. The molecule has 14 heteroatoms. The number of rotatable bonds is 6. The van der Waals surface area contributed by atoms with Gasteiger partial charge in [0, 0.05) is 38.4 Å². The normalized spacial score (nSPS) is 13.6. The van der Waals surface area contributed by atoms with E-state index < -0.39 is 35.4 Å². The molecule has 3 aromatic rings. The third-order valence-corrected chi connectivity index (χ3v) is 5.72. The molecule has 1 aromatic carbocycles. The number of hydrogen-bond donors (Lipinski definition) is 3. The van der Waals surface area contributed by atoms with E-state index in [0.29, 0.717) is 37.0 Å². The Morgan fingerprint density at radius 1 is 1.00 bits per heavy atom. The smallest absolute Gasteiger partial charge is 0.419 e. The maximum Gasteiger partial charge on any atom is 0.419 e. The molecule has 2 aromatic heterocycles. The van der Waals surface area contributed by atoms with E-state index in [1.54, 1.807) is 19.1 Å². The molecule has 39 heavy (non-hydrogen) atoms. The Balaban J connectivity index is 1.30. The highest BCUT2D eigenvalue weighted by atomic mass is 19.4. The third-order valence-electron chi connectivity index (χ3n) is 5.72. The molecule has 0 spiro atoms. The Kier molecular flexibility index (Phi) is 8.32. The molecule has 3 N–H and O–H groups in total. The largest absolute Gasteiger partial charge is 0.492 e. The van der Waals surface area contributed by atoms with Crippen LogP contribution in [0.3, 0.4) is 0 Å². The summed E-state index contributed by atoms with van der Waals surface area (Å²) in [6, 6.07) is 7.84. The Labute approximate surface area is 221 Å². The molecule has 10 nitrogen and oxygen atoms in total. The number of aromatic nitrogens is 2. The quantitative estimate of drug-likeness (QED) is 0.374. The molecule has 4 amide bonds. The van der Waals surface area contributed by atoms with Gasteiger partial charge in [-0.15, -0.1) is 0 Å². The van der Waals surface area contributed by atoms with Gasteiger partial charge in [0.2, 0.25) is 0 Å². The summed E-state index contributed by atoms with van der Waals surface area (Å²) in [5, 5.41) is 7.40. The van der Waals surface area contributed by atoms with Crippen LogP contribution in [0.2, 0.25) is 0 Å². The predicted octanol–water partition coefficient (Wildman–Crippen LogP) is 5.03. The number of piperazine rings is 1. The number of nitrogens with one attached hydrogen (secondary N) is 3. The molecule has 1 fully saturated rings. The number of alkyl halides is 3. The topological polar surface area (TPSA) is 112 Å². The molecule has 4 rings (SSSR count). The van der Waals surface area contributed by atoms with E-state index in [-0.39, 0.29) is 18.8 Å². The van der Waals surface area contributed by atoms with Crippen LogP contribution in [0.15, 0.2) is 54.9 Å². The molecule has 3 heterocycles. The molecule has 0 saturated carbocycles. The van der Waals surface area contributed by atoms with Crippen molar-refractivity contribution in [1.29, 1.82) is 0 Å². The molecule has 0 atom stereocenters. The van der Waals surface area contributed by atoms with Crippen LogP contribution in [0.25, 0.3) is 0 Å². The zero-order chi connectivity index (χ0) is 28.0. The number of anilines is 4. The van der Waals surface area contributed by atoms with Crippen LogP contribution in [0, 0.1) is 5.82 Å². The van der Waals surface area contributed by atoms with E-state index in [2.05, 4.69) is 25.9 Å². The van der Waals surface area contributed by atoms with E-state index >= 15 is 0 Å². The van der Waals surface area contributed by atoms with E-state index in [1.807, 2.05) is 4.90 Å². The van der Waals surface area contributed by atoms with Crippen LogP contribution >= 0.6 is 0 Å². The van der Waals surface area contributed by atoms with Crippen molar-refractivity contribution in [3.63, 3.8) is 0 Å². The highest BCUT2D eigenvalue weighted by molar-refractivity contribution is 6.00. The Bertz CT molecular complexity index is 1310. The summed E-state index contributed by atoms with van der Waals surface area (Å²) in [6.07, 6.45) is -2.02.